The predicted octanol–water partition coefficient (Wildman–Crippen LogP) is -3.03. The van der Waals surface area contributed by atoms with Gasteiger partial charge in [0.1, 0.15) is 18.3 Å². The third-order valence-corrected chi connectivity index (χ3v) is 3.05. The number of unbranched alkanes of at least 4 members (excludes halogenated alkanes) is 2. The van der Waals surface area contributed by atoms with Gasteiger partial charge in [-0.25, -0.2) is 0 Å². The summed E-state index contributed by atoms with van der Waals surface area (Å²) in [6.07, 6.45) is 0.627. The predicted molar refractivity (Wildman–Crippen MR) is 113 cm³/mol. The lowest BCUT2D eigenvalue weighted by molar-refractivity contribution is -0.144. The molecule has 0 aromatic rings. The second-order valence-electron chi connectivity index (χ2n) is 6.23. The molecular formula is C19H42O13. The molecule has 0 rings (SSSR count). The molecule has 0 fully saturated rings. The van der Waals surface area contributed by atoms with Crippen molar-refractivity contribution in [2.45, 2.75) is 63.8 Å². The van der Waals surface area contributed by atoms with Gasteiger partial charge in [0.2, 0.25) is 0 Å². The van der Waals surface area contributed by atoms with Crippen LogP contribution in [-0.2, 0) is 14.3 Å². The number of carbonyl (C=O) groups excluding carboxylic acids is 1. The van der Waals surface area contributed by atoms with E-state index in [1.54, 1.807) is 0 Å². The Kier molecular flexibility index (Phi) is 37.6. The van der Waals surface area contributed by atoms with Gasteiger partial charge in [0.25, 0.3) is 0 Å². The maximum Gasteiger partial charge on any atom is 0.305 e. The highest BCUT2D eigenvalue weighted by molar-refractivity contribution is 5.69. The number of esters is 1. The maximum atomic E-state index is 11.0. The Morgan fingerprint density at radius 3 is 1.25 bits per heavy atom. The fourth-order valence-electron chi connectivity index (χ4n) is 1.12. The minimum atomic E-state index is -0.954. The van der Waals surface area contributed by atoms with E-state index in [1.807, 2.05) is 6.92 Å². The van der Waals surface area contributed by atoms with E-state index in [0.29, 0.717) is 25.9 Å². The van der Waals surface area contributed by atoms with Gasteiger partial charge >= 0.3 is 11.9 Å². The fraction of sp³-hybridized carbons (Fsp3) is 0.895. The number of aliphatic carboxylic acids is 1. The van der Waals surface area contributed by atoms with Crippen LogP contribution < -0.4 is 0 Å². The van der Waals surface area contributed by atoms with Crippen molar-refractivity contribution in [2.24, 2.45) is 0 Å². The van der Waals surface area contributed by atoms with E-state index in [4.69, 9.17) is 55.8 Å². The molecule has 13 heteroatoms. The van der Waals surface area contributed by atoms with E-state index >= 15 is 0 Å². The van der Waals surface area contributed by atoms with Gasteiger partial charge in [-0.15, -0.1) is 0 Å². The summed E-state index contributed by atoms with van der Waals surface area (Å²) in [4.78, 5) is 21.1. The van der Waals surface area contributed by atoms with Crippen LogP contribution in [0.3, 0.4) is 0 Å². The summed E-state index contributed by atoms with van der Waals surface area (Å²) in [6.45, 7) is 0.321. The quantitative estimate of drug-likeness (QED) is 0.0882. The number of aliphatic hydroxyl groups excluding tert-OH is 9. The first kappa shape index (κ1) is 37.9. The van der Waals surface area contributed by atoms with E-state index in [0.717, 1.165) is 12.8 Å². The van der Waals surface area contributed by atoms with E-state index < -0.39 is 24.3 Å². The van der Waals surface area contributed by atoms with Gasteiger partial charge < -0.3 is 55.8 Å². The van der Waals surface area contributed by atoms with Crippen LogP contribution in [0.15, 0.2) is 0 Å². The van der Waals surface area contributed by atoms with Crippen LogP contribution in [0, 0.1) is 0 Å². The van der Waals surface area contributed by atoms with Gasteiger partial charge in [0.15, 0.2) is 0 Å². The average Bonchev–Trinajstić information content (AvgIpc) is 2.81. The molecule has 32 heavy (non-hydrogen) atoms. The molecule has 0 amide bonds. The topological polar surface area (TPSA) is 246 Å². The zero-order valence-corrected chi connectivity index (χ0v) is 18.6. The summed E-state index contributed by atoms with van der Waals surface area (Å²) < 4.78 is 4.90. The van der Waals surface area contributed by atoms with Crippen LogP contribution in [0.4, 0.5) is 0 Å². The molecule has 0 atom stereocenters. The molecule has 0 saturated carbocycles. The number of ether oxygens (including phenoxy) is 1. The number of carboxylic acids is 1. The Morgan fingerprint density at radius 1 is 0.656 bits per heavy atom. The van der Waals surface area contributed by atoms with Crippen molar-refractivity contribution >= 4 is 11.9 Å². The van der Waals surface area contributed by atoms with Crippen LogP contribution in [0.25, 0.3) is 0 Å². The molecule has 0 unspecified atom stereocenters. The van der Waals surface area contributed by atoms with Gasteiger partial charge in [0, 0.05) is 12.8 Å². The molecule has 0 aromatic heterocycles. The minimum Gasteiger partial charge on any atom is -0.481 e. The Morgan fingerprint density at radius 2 is 1.00 bits per heavy atom. The summed E-state index contributed by atoms with van der Waals surface area (Å²) >= 11 is 0. The molecule has 0 heterocycles. The highest BCUT2D eigenvalue weighted by atomic mass is 16.5. The number of hydrogen-bond acceptors (Lipinski definition) is 12. The first-order chi connectivity index (χ1) is 15.1. The maximum absolute atomic E-state index is 11.0. The first-order valence-corrected chi connectivity index (χ1v) is 10.2. The molecule has 0 aliphatic heterocycles. The van der Waals surface area contributed by atoms with Crippen LogP contribution in [0.2, 0.25) is 0 Å². The van der Waals surface area contributed by atoms with E-state index in [2.05, 4.69) is 0 Å². The molecule has 196 valence electrons. The SMILES string of the molecule is CCCCOC(=O)CCCCC(=O)O.OCC(O)CO.OCC(O)CO.OCC(O)CO. The second-order valence-corrected chi connectivity index (χ2v) is 6.23. The molecule has 0 aromatic carbocycles. The van der Waals surface area contributed by atoms with Gasteiger partial charge in [-0.2, -0.15) is 0 Å². The largest absolute Gasteiger partial charge is 0.481 e. The van der Waals surface area contributed by atoms with Crippen molar-refractivity contribution in [1.82, 2.24) is 0 Å². The second kappa shape index (κ2) is 31.8. The van der Waals surface area contributed by atoms with Gasteiger partial charge in [-0.05, 0) is 19.3 Å². The zero-order valence-electron chi connectivity index (χ0n) is 18.6. The fourth-order valence-corrected chi connectivity index (χ4v) is 1.12. The Labute approximate surface area is 188 Å². The highest BCUT2D eigenvalue weighted by Crippen LogP contribution is 2.02. The van der Waals surface area contributed by atoms with E-state index in [1.165, 1.54) is 0 Å². The lowest BCUT2D eigenvalue weighted by Gasteiger charge is -2.02. The standard InChI is InChI=1S/C10H18O4.3C3H8O3/c1-2-3-8-14-10(13)7-5-4-6-9(11)12;3*4-1-3(6)2-5/h2-8H2,1H3,(H,11,12);3*3-6H,1-2H2. The molecule has 10 N–H and O–H groups in total. The summed E-state index contributed by atoms with van der Waals surface area (Å²) in [5.74, 6) is -1.03. The highest BCUT2D eigenvalue weighted by Gasteiger charge is 2.03. The van der Waals surface area contributed by atoms with Crippen molar-refractivity contribution in [1.29, 1.82) is 0 Å². The summed E-state index contributed by atoms with van der Waals surface area (Å²) in [6, 6.07) is 0. The normalized spacial score (nSPS) is 9.91. The third-order valence-electron chi connectivity index (χ3n) is 3.05. The van der Waals surface area contributed by atoms with Gasteiger partial charge in [-0.1, -0.05) is 13.3 Å². The Balaban J connectivity index is -0.000000182. The van der Waals surface area contributed by atoms with E-state index in [9.17, 15) is 9.59 Å². The Bertz CT molecular complexity index is 346. The minimum absolute atomic E-state index is 0.127. The van der Waals surface area contributed by atoms with Crippen LogP contribution in [0.1, 0.15) is 45.4 Å². The van der Waals surface area contributed by atoms with Gasteiger partial charge in [-0.3, -0.25) is 9.59 Å². The molecule has 0 saturated heterocycles. The zero-order chi connectivity index (χ0) is 25.8. The Hall–Kier alpha value is -1.42. The van der Waals surface area contributed by atoms with Crippen LogP contribution in [0.5, 0.6) is 0 Å². The number of aliphatic hydroxyl groups is 9. The van der Waals surface area contributed by atoms with Crippen LogP contribution >= 0.6 is 0 Å². The smallest absolute Gasteiger partial charge is 0.305 e. The molecule has 0 bridgehead atoms. The number of rotatable bonds is 14. The lowest BCUT2D eigenvalue weighted by Crippen LogP contribution is -2.15. The van der Waals surface area contributed by atoms with Crippen molar-refractivity contribution in [3.05, 3.63) is 0 Å². The number of hydrogen-bond donors (Lipinski definition) is 10. The lowest BCUT2D eigenvalue weighted by atomic mass is 10.2. The molecular weight excluding hydrogens is 436 g/mol. The number of carbonyl (C=O) groups is 2. The number of carboxylic acid groups (broad SMARTS) is 1. The first-order valence-electron chi connectivity index (χ1n) is 10.2. The van der Waals surface area contributed by atoms with Crippen molar-refractivity contribution in [2.75, 3.05) is 46.2 Å². The van der Waals surface area contributed by atoms with Crippen molar-refractivity contribution in [3.63, 3.8) is 0 Å². The molecule has 0 aliphatic carbocycles. The molecule has 0 aliphatic rings. The summed E-state index contributed by atoms with van der Waals surface area (Å²) in [5, 5.41) is 80.4. The summed E-state index contributed by atoms with van der Waals surface area (Å²) in [7, 11) is 0. The third kappa shape index (κ3) is 42.6. The molecule has 0 spiro atoms. The average molecular weight is 479 g/mol. The molecule has 0 radical (unpaired) electrons. The van der Waals surface area contributed by atoms with E-state index in [-0.39, 0.29) is 52.0 Å². The van der Waals surface area contributed by atoms with Crippen molar-refractivity contribution in [3.8, 4) is 0 Å². The van der Waals surface area contributed by atoms with Crippen LogP contribution in [-0.4, -0.2) is 128 Å². The summed E-state index contributed by atoms with van der Waals surface area (Å²) in [5.41, 5.74) is 0. The molecule has 13 nitrogen and oxygen atoms in total. The van der Waals surface area contributed by atoms with Gasteiger partial charge in [0.05, 0.1) is 46.2 Å². The monoisotopic (exact) mass is 478 g/mol. The van der Waals surface area contributed by atoms with Crippen molar-refractivity contribution < 1.29 is 65.4 Å².